The molecule has 1 aliphatic carbocycles. The molecule has 1 saturated carbocycles. The lowest BCUT2D eigenvalue weighted by Gasteiger charge is -2.08. The molecule has 1 aromatic rings. The summed E-state index contributed by atoms with van der Waals surface area (Å²) in [5.74, 6) is 0. The topological polar surface area (TPSA) is 43.8 Å². The van der Waals surface area contributed by atoms with Crippen LogP contribution in [0.5, 0.6) is 0 Å². The molecule has 1 aliphatic rings. The van der Waals surface area contributed by atoms with Crippen LogP contribution in [-0.2, 0) is 6.42 Å². The van der Waals surface area contributed by atoms with Gasteiger partial charge >= 0.3 is 0 Å². The highest BCUT2D eigenvalue weighted by Gasteiger charge is 2.18. The average molecular weight is 193 g/mol. The molecule has 78 valence electrons. The summed E-state index contributed by atoms with van der Waals surface area (Å²) in [5, 5.41) is 4.57. The summed E-state index contributed by atoms with van der Waals surface area (Å²) in [6.07, 6.45) is 8.45. The first-order valence-corrected chi connectivity index (χ1v) is 5.56. The number of hydrogen-bond acceptors (Lipinski definition) is 2. The van der Waals surface area contributed by atoms with Gasteiger partial charge in [0.2, 0.25) is 0 Å². The predicted molar refractivity (Wildman–Crippen MR) is 57.2 cm³/mol. The number of aryl methyl sites for hydroxylation is 1. The summed E-state index contributed by atoms with van der Waals surface area (Å²) in [4.78, 5) is 0. The maximum Gasteiger partial charge on any atom is 0.0626 e. The number of aromatic nitrogens is 2. The Balaban J connectivity index is 2.14. The van der Waals surface area contributed by atoms with Gasteiger partial charge in [-0.3, -0.25) is 4.68 Å². The van der Waals surface area contributed by atoms with Crippen molar-refractivity contribution in [2.75, 3.05) is 6.54 Å². The lowest BCUT2D eigenvalue weighted by Crippen LogP contribution is -2.05. The number of hydrogen-bond donors (Lipinski definition) is 1. The van der Waals surface area contributed by atoms with Crippen molar-refractivity contribution >= 4 is 0 Å². The van der Waals surface area contributed by atoms with E-state index in [2.05, 4.69) is 22.9 Å². The molecule has 0 unspecified atom stereocenters. The smallest absolute Gasteiger partial charge is 0.0626 e. The fourth-order valence-electron chi connectivity index (χ4n) is 2.28. The SMILES string of the molecule is Cc1nn(C2CCCC2)cc1CCN. The second-order valence-electron chi connectivity index (χ2n) is 4.20. The Morgan fingerprint density at radius 2 is 2.21 bits per heavy atom. The van der Waals surface area contributed by atoms with Gasteiger partial charge in [0.05, 0.1) is 11.7 Å². The molecule has 0 atom stereocenters. The molecule has 0 bridgehead atoms. The van der Waals surface area contributed by atoms with Gasteiger partial charge in [-0.25, -0.2) is 0 Å². The van der Waals surface area contributed by atoms with E-state index in [1.807, 2.05) is 0 Å². The standard InChI is InChI=1S/C11H19N3/c1-9-10(6-7-12)8-14(13-9)11-4-2-3-5-11/h8,11H,2-7,12H2,1H3. The van der Waals surface area contributed by atoms with Gasteiger partial charge in [-0.05, 0) is 38.3 Å². The molecule has 0 spiro atoms. The molecule has 0 aliphatic heterocycles. The van der Waals surface area contributed by atoms with Crippen LogP contribution in [0, 0.1) is 6.92 Å². The number of rotatable bonds is 3. The number of nitrogens with two attached hydrogens (primary N) is 1. The first kappa shape index (κ1) is 9.71. The first-order chi connectivity index (χ1) is 6.81. The third-order valence-corrected chi connectivity index (χ3v) is 3.13. The van der Waals surface area contributed by atoms with Crippen LogP contribution < -0.4 is 5.73 Å². The van der Waals surface area contributed by atoms with Gasteiger partial charge in [0.1, 0.15) is 0 Å². The van der Waals surface area contributed by atoms with Crippen molar-refractivity contribution in [1.82, 2.24) is 9.78 Å². The van der Waals surface area contributed by atoms with E-state index in [-0.39, 0.29) is 0 Å². The first-order valence-electron chi connectivity index (χ1n) is 5.56. The van der Waals surface area contributed by atoms with Gasteiger partial charge in [-0.1, -0.05) is 12.8 Å². The Kier molecular flexibility index (Phi) is 2.87. The van der Waals surface area contributed by atoms with Gasteiger partial charge < -0.3 is 5.73 Å². The lowest BCUT2D eigenvalue weighted by molar-refractivity contribution is 0.464. The molecule has 0 aromatic carbocycles. The lowest BCUT2D eigenvalue weighted by atomic mass is 10.2. The molecule has 0 saturated heterocycles. The van der Waals surface area contributed by atoms with Crippen molar-refractivity contribution in [1.29, 1.82) is 0 Å². The van der Waals surface area contributed by atoms with E-state index in [1.54, 1.807) is 0 Å². The molecule has 3 nitrogen and oxygen atoms in total. The molecule has 0 radical (unpaired) electrons. The van der Waals surface area contributed by atoms with Crippen LogP contribution in [0.15, 0.2) is 6.20 Å². The highest BCUT2D eigenvalue weighted by molar-refractivity contribution is 5.16. The van der Waals surface area contributed by atoms with E-state index in [4.69, 9.17) is 5.73 Å². The normalized spacial score (nSPS) is 17.9. The molecule has 1 aromatic heterocycles. The Morgan fingerprint density at radius 3 is 2.86 bits per heavy atom. The molecule has 2 N–H and O–H groups in total. The van der Waals surface area contributed by atoms with Gasteiger partial charge in [-0.15, -0.1) is 0 Å². The summed E-state index contributed by atoms with van der Waals surface area (Å²) in [5.41, 5.74) is 8.03. The van der Waals surface area contributed by atoms with E-state index >= 15 is 0 Å². The zero-order valence-electron chi connectivity index (χ0n) is 8.87. The second-order valence-corrected chi connectivity index (χ2v) is 4.20. The van der Waals surface area contributed by atoms with Gasteiger partial charge in [0.25, 0.3) is 0 Å². The highest BCUT2D eigenvalue weighted by Crippen LogP contribution is 2.29. The van der Waals surface area contributed by atoms with E-state index in [0.717, 1.165) is 18.7 Å². The molecule has 1 fully saturated rings. The van der Waals surface area contributed by atoms with E-state index in [1.165, 1.54) is 31.2 Å². The van der Waals surface area contributed by atoms with Gasteiger partial charge in [0, 0.05) is 6.20 Å². The van der Waals surface area contributed by atoms with E-state index in [0.29, 0.717) is 6.04 Å². The van der Waals surface area contributed by atoms with Crippen molar-refractivity contribution in [3.05, 3.63) is 17.5 Å². The Hall–Kier alpha value is -0.830. The van der Waals surface area contributed by atoms with Crippen molar-refractivity contribution in [2.45, 2.75) is 45.1 Å². The van der Waals surface area contributed by atoms with Gasteiger partial charge in [-0.2, -0.15) is 5.10 Å². The maximum atomic E-state index is 5.56. The van der Waals surface area contributed by atoms with Crippen molar-refractivity contribution in [3.63, 3.8) is 0 Å². The van der Waals surface area contributed by atoms with Crippen LogP contribution in [0.3, 0.4) is 0 Å². The van der Waals surface area contributed by atoms with Crippen molar-refractivity contribution < 1.29 is 0 Å². The minimum Gasteiger partial charge on any atom is -0.330 e. The van der Waals surface area contributed by atoms with Gasteiger partial charge in [0.15, 0.2) is 0 Å². The quantitative estimate of drug-likeness (QED) is 0.795. The molecular weight excluding hydrogens is 174 g/mol. The Morgan fingerprint density at radius 1 is 1.50 bits per heavy atom. The third-order valence-electron chi connectivity index (χ3n) is 3.13. The molecule has 1 heterocycles. The molecule has 14 heavy (non-hydrogen) atoms. The summed E-state index contributed by atoms with van der Waals surface area (Å²) in [6, 6.07) is 0.653. The second kappa shape index (κ2) is 4.13. The third kappa shape index (κ3) is 1.82. The van der Waals surface area contributed by atoms with E-state index < -0.39 is 0 Å². The number of nitrogens with zero attached hydrogens (tertiary/aromatic N) is 2. The highest BCUT2D eigenvalue weighted by atomic mass is 15.3. The minimum absolute atomic E-state index is 0.653. The molecule has 0 amide bonds. The summed E-state index contributed by atoms with van der Waals surface area (Å²) in [6.45, 7) is 2.80. The average Bonchev–Trinajstić information content (AvgIpc) is 2.76. The van der Waals surface area contributed by atoms with Crippen LogP contribution >= 0.6 is 0 Å². The monoisotopic (exact) mass is 193 g/mol. The van der Waals surface area contributed by atoms with Crippen LogP contribution in [0.2, 0.25) is 0 Å². The summed E-state index contributed by atoms with van der Waals surface area (Å²) < 4.78 is 2.16. The maximum absolute atomic E-state index is 5.56. The minimum atomic E-state index is 0.653. The van der Waals surface area contributed by atoms with Crippen LogP contribution in [0.25, 0.3) is 0 Å². The summed E-state index contributed by atoms with van der Waals surface area (Å²) in [7, 11) is 0. The van der Waals surface area contributed by atoms with E-state index in [9.17, 15) is 0 Å². The molecule has 3 heteroatoms. The summed E-state index contributed by atoms with van der Waals surface area (Å²) >= 11 is 0. The Bertz CT molecular complexity index is 297. The van der Waals surface area contributed by atoms with Crippen LogP contribution in [-0.4, -0.2) is 16.3 Å². The largest absolute Gasteiger partial charge is 0.330 e. The van der Waals surface area contributed by atoms with Crippen molar-refractivity contribution in [2.24, 2.45) is 5.73 Å². The Labute approximate surface area is 85.3 Å². The zero-order valence-corrected chi connectivity index (χ0v) is 8.87. The fraction of sp³-hybridized carbons (Fsp3) is 0.727. The zero-order chi connectivity index (χ0) is 9.97. The van der Waals surface area contributed by atoms with Crippen LogP contribution in [0.4, 0.5) is 0 Å². The van der Waals surface area contributed by atoms with Crippen LogP contribution in [0.1, 0.15) is 43.0 Å². The predicted octanol–water partition coefficient (Wildman–Crippen LogP) is 1.81. The fourth-order valence-corrected chi connectivity index (χ4v) is 2.28. The van der Waals surface area contributed by atoms with Crippen molar-refractivity contribution in [3.8, 4) is 0 Å². The molecular formula is C11H19N3. The molecule has 2 rings (SSSR count).